The smallest absolute Gasteiger partial charge is 0.268 e. The number of rotatable bonds is 2. The molecule has 1 amide bonds. The third kappa shape index (κ3) is 5.45. The zero-order chi connectivity index (χ0) is 22.4. The first-order valence-corrected chi connectivity index (χ1v) is 11.1. The van der Waals surface area contributed by atoms with Crippen molar-refractivity contribution in [2.24, 2.45) is 0 Å². The second kappa shape index (κ2) is 10.5. The highest BCUT2D eigenvalue weighted by Crippen LogP contribution is 2.24. The van der Waals surface area contributed by atoms with Crippen molar-refractivity contribution in [2.45, 2.75) is 32.9 Å². The van der Waals surface area contributed by atoms with E-state index in [1.165, 1.54) is 11.5 Å². The number of nitrogens with zero attached hydrogens (tertiary/aromatic N) is 2. The molecule has 0 aromatic carbocycles. The van der Waals surface area contributed by atoms with Crippen LogP contribution < -0.4 is 16.2 Å². The van der Waals surface area contributed by atoms with Crippen molar-refractivity contribution in [2.75, 3.05) is 26.7 Å². The van der Waals surface area contributed by atoms with Gasteiger partial charge in [0.1, 0.15) is 12.6 Å². The number of carbonyl (C=O) groups excluding carboxylic acids is 1. The molecule has 8 heteroatoms. The van der Waals surface area contributed by atoms with Crippen molar-refractivity contribution < 1.29 is 9.53 Å². The summed E-state index contributed by atoms with van der Waals surface area (Å²) in [5.41, 5.74) is 2.31. The maximum atomic E-state index is 13.0. The Kier molecular flexibility index (Phi) is 7.70. The molecule has 1 aromatic rings. The summed E-state index contributed by atoms with van der Waals surface area (Å²) in [7, 11) is 1.91. The standard InChI is InChI=1S/C23H30N4O3S/c1-5-6-9-18-21-15-20-22(28)25-19(17(3)26(20)4)10-7-8-16(2)30-14-12-24-11-13-27(31-21)23(18)29/h5-10,20,24H,1,11-15H2,2-4H3,(H,25,28)/b9-6-,10-7-,16-8+. The Labute approximate surface area is 187 Å². The molecule has 0 fully saturated rings. The van der Waals surface area contributed by atoms with Crippen LogP contribution in [0.15, 0.2) is 58.9 Å². The van der Waals surface area contributed by atoms with Gasteiger partial charge in [-0.15, -0.1) is 0 Å². The van der Waals surface area contributed by atoms with Crippen LogP contribution in [0.3, 0.4) is 0 Å². The summed E-state index contributed by atoms with van der Waals surface area (Å²) >= 11 is 1.42. The summed E-state index contributed by atoms with van der Waals surface area (Å²) in [6.45, 7) is 10.0. The topological polar surface area (TPSA) is 75.6 Å². The van der Waals surface area contributed by atoms with E-state index in [1.54, 1.807) is 22.2 Å². The Balaban J connectivity index is 2.00. The molecular weight excluding hydrogens is 412 g/mol. The summed E-state index contributed by atoms with van der Waals surface area (Å²) in [5, 5.41) is 6.32. The van der Waals surface area contributed by atoms with E-state index in [0.717, 1.165) is 22.0 Å². The molecule has 166 valence electrons. The summed E-state index contributed by atoms with van der Waals surface area (Å²) < 4.78 is 7.45. The summed E-state index contributed by atoms with van der Waals surface area (Å²) in [5.74, 6) is 0.710. The number of nitrogens with one attached hydrogen (secondary N) is 2. The quantitative estimate of drug-likeness (QED) is 0.688. The molecule has 1 unspecified atom stereocenters. The molecule has 3 aliphatic heterocycles. The fourth-order valence-corrected chi connectivity index (χ4v) is 4.61. The molecule has 1 atom stereocenters. The predicted octanol–water partition coefficient (Wildman–Crippen LogP) is 2.39. The normalized spacial score (nSPS) is 23.6. The molecule has 0 saturated carbocycles. The van der Waals surface area contributed by atoms with E-state index < -0.39 is 6.04 Å². The maximum absolute atomic E-state index is 13.0. The van der Waals surface area contributed by atoms with Crippen LogP contribution in [0.1, 0.15) is 24.3 Å². The molecular formula is C23H30N4O3S. The molecule has 0 aliphatic carbocycles. The van der Waals surface area contributed by atoms with E-state index in [1.807, 2.05) is 44.0 Å². The van der Waals surface area contributed by atoms with Crippen molar-refractivity contribution in [3.05, 3.63) is 74.9 Å². The highest BCUT2D eigenvalue weighted by Gasteiger charge is 2.31. The molecule has 3 aliphatic rings. The Bertz CT molecular complexity index is 1010. The number of hydrogen-bond donors (Lipinski definition) is 2. The molecule has 0 radical (unpaired) electrons. The van der Waals surface area contributed by atoms with Crippen LogP contribution in [0.5, 0.6) is 0 Å². The molecule has 31 heavy (non-hydrogen) atoms. The zero-order valence-corrected chi connectivity index (χ0v) is 19.1. The maximum Gasteiger partial charge on any atom is 0.268 e. The zero-order valence-electron chi connectivity index (χ0n) is 18.3. The lowest BCUT2D eigenvalue weighted by atomic mass is 10.0. The number of aromatic nitrogens is 1. The van der Waals surface area contributed by atoms with Gasteiger partial charge in [0.15, 0.2) is 0 Å². The average molecular weight is 443 g/mol. The molecule has 7 nitrogen and oxygen atoms in total. The Hall–Kier alpha value is -2.84. The lowest BCUT2D eigenvalue weighted by Gasteiger charge is -2.35. The third-order valence-electron chi connectivity index (χ3n) is 5.40. The van der Waals surface area contributed by atoms with Crippen molar-refractivity contribution in [1.82, 2.24) is 19.5 Å². The average Bonchev–Trinajstić information content (AvgIpc) is 3.03. The van der Waals surface area contributed by atoms with Gasteiger partial charge in [-0.3, -0.25) is 13.5 Å². The van der Waals surface area contributed by atoms with Gasteiger partial charge in [-0.05, 0) is 32.1 Å². The number of amides is 1. The highest BCUT2D eigenvalue weighted by molar-refractivity contribution is 7.06. The van der Waals surface area contributed by atoms with Gasteiger partial charge in [0.05, 0.1) is 17.0 Å². The molecule has 0 saturated heterocycles. The van der Waals surface area contributed by atoms with Gasteiger partial charge in [-0.2, -0.15) is 0 Å². The molecule has 4 bridgehead atoms. The van der Waals surface area contributed by atoms with E-state index in [-0.39, 0.29) is 11.5 Å². The van der Waals surface area contributed by atoms with Gasteiger partial charge in [0.25, 0.3) is 5.56 Å². The van der Waals surface area contributed by atoms with Crippen LogP contribution >= 0.6 is 11.5 Å². The summed E-state index contributed by atoms with van der Waals surface area (Å²) in [6.07, 6.45) is 11.3. The Morgan fingerprint density at radius 2 is 2.10 bits per heavy atom. The van der Waals surface area contributed by atoms with Crippen LogP contribution in [-0.2, 0) is 22.5 Å². The molecule has 4 rings (SSSR count). The number of carbonyl (C=O) groups is 1. The fourth-order valence-electron chi connectivity index (χ4n) is 3.49. The van der Waals surface area contributed by atoms with E-state index in [9.17, 15) is 9.59 Å². The highest BCUT2D eigenvalue weighted by atomic mass is 32.1. The van der Waals surface area contributed by atoms with Gasteiger partial charge in [0, 0.05) is 43.7 Å². The minimum Gasteiger partial charge on any atom is -0.497 e. The van der Waals surface area contributed by atoms with Crippen LogP contribution in [0, 0.1) is 0 Å². The van der Waals surface area contributed by atoms with E-state index in [2.05, 4.69) is 17.2 Å². The first-order valence-electron chi connectivity index (χ1n) is 10.4. The van der Waals surface area contributed by atoms with Gasteiger partial charge in [-0.25, -0.2) is 0 Å². The first kappa shape index (κ1) is 22.8. The third-order valence-corrected chi connectivity index (χ3v) is 6.57. The van der Waals surface area contributed by atoms with Crippen molar-refractivity contribution >= 4 is 23.5 Å². The lowest BCUT2D eigenvalue weighted by Crippen LogP contribution is -2.50. The number of fused-ring (bicyclic) bond motifs is 9. The number of ether oxygens (including phenoxy) is 1. The SMILES string of the molecule is C=C/C=C\c1c2sn(c1=O)CCNCCO/C(C)=C/C=C\C1=C(C)N(C)C(C2)C(=O)N1. The summed E-state index contributed by atoms with van der Waals surface area (Å²) in [6, 6.07) is -0.392. The molecule has 2 N–H and O–H groups in total. The van der Waals surface area contributed by atoms with Crippen molar-refractivity contribution in [1.29, 1.82) is 0 Å². The first-order chi connectivity index (χ1) is 14.9. The Morgan fingerprint density at radius 1 is 1.29 bits per heavy atom. The van der Waals surface area contributed by atoms with Gasteiger partial charge in [0.2, 0.25) is 5.91 Å². The van der Waals surface area contributed by atoms with Gasteiger partial charge in [-0.1, -0.05) is 36.3 Å². The molecule has 1 aromatic heterocycles. The second-order valence-electron chi connectivity index (χ2n) is 7.48. The van der Waals surface area contributed by atoms with Crippen LogP contribution in [0.25, 0.3) is 6.08 Å². The van der Waals surface area contributed by atoms with Crippen LogP contribution in [0.2, 0.25) is 0 Å². The number of likely N-dealkylation sites (N-methyl/N-ethyl adjacent to an activating group) is 1. The largest absolute Gasteiger partial charge is 0.497 e. The minimum absolute atomic E-state index is 0.0393. The van der Waals surface area contributed by atoms with Crippen LogP contribution in [0.4, 0.5) is 0 Å². The second-order valence-corrected chi connectivity index (χ2v) is 8.60. The summed E-state index contributed by atoms with van der Waals surface area (Å²) in [4.78, 5) is 28.8. The van der Waals surface area contributed by atoms with E-state index in [4.69, 9.17) is 4.74 Å². The molecule has 4 heterocycles. The van der Waals surface area contributed by atoms with E-state index in [0.29, 0.717) is 38.2 Å². The fraction of sp³-hybridized carbons (Fsp3) is 0.391. The number of hydrogen-bond acceptors (Lipinski definition) is 6. The van der Waals surface area contributed by atoms with E-state index >= 15 is 0 Å². The lowest BCUT2D eigenvalue weighted by molar-refractivity contribution is -0.125. The molecule has 0 spiro atoms. The van der Waals surface area contributed by atoms with Gasteiger partial charge < -0.3 is 20.3 Å². The minimum atomic E-state index is -0.392. The van der Waals surface area contributed by atoms with Gasteiger partial charge >= 0.3 is 0 Å². The van der Waals surface area contributed by atoms with Crippen LogP contribution in [-0.4, -0.2) is 47.5 Å². The van der Waals surface area contributed by atoms with Crippen molar-refractivity contribution in [3.63, 3.8) is 0 Å². The predicted molar refractivity (Wildman–Crippen MR) is 126 cm³/mol. The van der Waals surface area contributed by atoms with Crippen molar-refractivity contribution in [3.8, 4) is 0 Å². The Morgan fingerprint density at radius 3 is 2.87 bits per heavy atom. The number of allylic oxidation sites excluding steroid dienone is 7. The monoisotopic (exact) mass is 442 g/mol.